The Morgan fingerprint density at radius 2 is 2.00 bits per heavy atom. The Hall–Kier alpha value is -2.72. The molecule has 0 radical (unpaired) electrons. The van der Waals surface area contributed by atoms with Crippen molar-refractivity contribution in [3.63, 3.8) is 0 Å². The van der Waals surface area contributed by atoms with E-state index in [1.807, 2.05) is 56.0 Å². The fourth-order valence-electron chi connectivity index (χ4n) is 3.71. The molecule has 2 unspecified atom stereocenters. The number of urea groups is 1. The van der Waals surface area contributed by atoms with Crippen molar-refractivity contribution < 1.29 is 19.2 Å². The Balaban J connectivity index is 1.34. The number of nitrogens with zero attached hydrogens (tertiary/aromatic N) is 4. The van der Waals surface area contributed by atoms with Gasteiger partial charge in [-0.3, -0.25) is 4.84 Å². The molecule has 2 saturated heterocycles. The van der Waals surface area contributed by atoms with Gasteiger partial charge in [-0.25, -0.2) is 9.59 Å². The molecule has 4 rings (SSSR count). The van der Waals surface area contributed by atoms with Crippen LogP contribution in [0.5, 0.6) is 0 Å². The number of piperidine rings is 1. The lowest BCUT2D eigenvalue weighted by molar-refractivity contribution is -0.140. The van der Waals surface area contributed by atoms with E-state index in [1.165, 1.54) is 16.4 Å². The van der Waals surface area contributed by atoms with Crippen LogP contribution in [0.15, 0.2) is 30.3 Å². The highest BCUT2D eigenvalue weighted by Gasteiger charge is 2.47. The molecule has 0 aliphatic carbocycles. The van der Waals surface area contributed by atoms with Gasteiger partial charge in [-0.15, -0.1) is 10.2 Å². The van der Waals surface area contributed by atoms with Gasteiger partial charge in [-0.1, -0.05) is 41.7 Å². The van der Waals surface area contributed by atoms with E-state index < -0.39 is 11.7 Å². The molecule has 1 aromatic carbocycles. The second-order valence-electron chi connectivity index (χ2n) is 8.66. The smallest absolute Gasteiger partial charge is 0.408 e. The van der Waals surface area contributed by atoms with E-state index >= 15 is 0 Å². The number of carbonyl (C=O) groups excluding carboxylic acids is 2. The highest BCUT2D eigenvalue weighted by Crippen LogP contribution is 2.39. The third-order valence-electron chi connectivity index (χ3n) is 5.09. The van der Waals surface area contributed by atoms with Crippen molar-refractivity contribution in [3.8, 4) is 0 Å². The molecule has 10 heteroatoms. The highest BCUT2D eigenvalue weighted by molar-refractivity contribution is 7.11. The fraction of sp³-hybridized carbons (Fsp3) is 0.524. The lowest BCUT2D eigenvalue weighted by Crippen LogP contribution is -2.34. The normalized spacial score (nSPS) is 20.8. The van der Waals surface area contributed by atoms with Gasteiger partial charge in [0.1, 0.15) is 22.2 Å². The summed E-state index contributed by atoms with van der Waals surface area (Å²) >= 11 is 1.40. The van der Waals surface area contributed by atoms with Crippen LogP contribution in [0.2, 0.25) is 0 Å². The number of nitrogens with one attached hydrogen (secondary N) is 1. The van der Waals surface area contributed by atoms with E-state index in [2.05, 4.69) is 15.5 Å². The summed E-state index contributed by atoms with van der Waals surface area (Å²) in [6.07, 6.45) is 1.15. The largest absolute Gasteiger partial charge is 0.444 e. The van der Waals surface area contributed by atoms with E-state index in [-0.39, 0.29) is 24.7 Å². The molecule has 166 valence electrons. The maximum Gasteiger partial charge on any atom is 0.408 e. The minimum atomic E-state index is -0.556. The molecule has 2 aliphatic rings. The number of hydroxylamine groups is 2. The monoisotopic (exact) mass is 445 g/mol. The first-order valence-corrected chi connectivity index (χ1v) is 11.2. The summed E-state index contributed by atoms with van der Waals surface area (Å²) in [7, 11) is 0. The second kappa shape index (κ2) is 8.80. The number of hydrogen-bond acceptors (Lipinski definition) is 7. The number of carbonyl (C=O) groups is 2. The standard InChI is InChI=1S/C21H27N5O4S/c1-21(2,3)30-19(27)22-11-17-23-24-18(31-17)16-10-9-15-12-25(16)20(28)26(15)29-13-14-7-5-4-6-8-14/h4-8,15-16H,9-13H2,1-3H3,(H,22,27). The minimum absolute atomic E-state index is 0.0497. The number of alkyl carbamates (subject to hydrolysis) is 1. The topological polar surface area (TPSA) is 96.9 Å². The van der Waals surface area contributed by atoms with Gasteiger partial charge in [-0.05, 0) is 39.2 Å². The van der Waals surface area contributed by atoms with Crippen LogP contribution in [0.4, 0.5) is 9.59 Å². The summed E-state index contributed by atoms with van der Waals surface area (Å²) in [4.78, 5) is 32.5. The molecule has 2 aliphatic heterocycles. The van der Waals surface area contributed by atoms with Crippen LogP contribution in [0.3, 0.4) is 0 Å². The van der Waals surface area contributed by atoms with Crippen molar-refractivity contribution in [1.29, 1.82) is 0 Å². The molecular formula is C21H27N5O4S. The summed E-state index contributed by atoms with van der Waals surface area (Å²) in [5.41, 5.74) is 0.467. The number of aromatic nitrogens is 2. The number of benzene rings is 1. The molecule has 2 fully saturated rings. The van der Waals surface area contributed by atoms with E-state index in [0.29, 0.717) is 18.2 Å². The quantitative estimate of drug-likeness (QED) is 0.729. The van der Waals surface area contributed by atoms with Gasteiger partial charge in [-0.2, -0.15) is 5.06 Å². The Kier molecular flexibility index (Phi) is 6.10. The van der Waals surface area contributed by atoms with E-state index in [4.69, 9.17) is 9.57 Å². The molecule has 1 N–H and O–H groups in total. The van der Waals surface area contributed by atoms with Crippen molar-refractivity contribution in [2.45, 2.75) is 64.4 Å². The minimum Gasteiger partial charge on any atom is -0.444 e. The van der Waals surface area contributed by atoms with Crippen molar-refractivity contribution >= 4 is 23.5 Å². The zero-order valence-electron chi connectivity index (χ0n) is 17.9. The number of hydrogen-bond donors (Lipinski definition) is 1. The summed E-state index contributed by atoms with van der Waals surface area (Å²) in [6, 6.07) is 9.60. The van der Waals surface area contributed by atoms with Gasteiger partial charge >= 0.3 is 12.1 Å². The first kappa shape index (κ1) is 21.5. The number of rotatable bonds is 6. The molecule has 0 spiro atoms. The molecular weight excluding hydrogens is 418 g/mol. The van der Waals surface area contributed by atoms with Crippen LogP contribution < -0.4 is 5.32 Å². The van der Waals surface area contributed by atoms with E-state index in [1.54, 1.807) is 0 Å². The van der Waals surface area contributed by atoms with E-state index in [9.17, 15) is 9.59 Å². The van der Waals surface area contributed by atoms with Crippen LogP contribution >= 0.6 is 11.3 Å². The van der Waals surface area contributed by atoms with Gasteiger partial charge in [0.05, 0.1) is 18.6 Å². The molecule has 2 atom stereocenters. The van der Waals surface area contributed by atoms with Gasteiger partial charge in [0.2, 0.25) is 0 Å². The average Bonchev–Trinajstić information content (AvgIpc) is 3.29. The van der Waals surface area contributed by atoms with Crippen molar-refractivity contribution in [1.82, 2.24) is 25.5 Å². The molecule has 1 aromatic heterocycles. The Bertz CT molecular complexity index is 929. The van der Waals surface area contributed by atoms with Crippen molar-refractivity contribution in [3.05, 3.63) is 45.9 Å². The zero-order valence-corrected chi connectivity index (χ0v) is 18.7. The molecule has 9 nitrogen and oxygen atoms in total. The lowest BCUT2D eigenvalue weighted by atomic mass is 10.0. The third kappa shape index (κ3) is 5.13. The van der Waals surface area contributed by atoms with Crippen LogP contribution in [0.1, 0.15) is 55.2 Å². The maximum atomic E-state index is 13.0. The number of fused-ring (bicyclic) bond motifs is 2. The van der Waals surface area contributed by atoms with Crippen LogP contribution in [0.25, 0.3) is 0 Å². The average molecular weight is 446 g/mol. The molecule has 3 heterocycles. The summed E-state index contributed by atoms with van der Waals surface area (Å²) in [5.74, 6) is 0. The van der Waals surface area contributed by atoms with Crippen molar-refractivity contribution in [2.75, 3.05) is 6.54 Å². The Morgan fingerprint density at radius 3 is 2.74 bits per heavy atom. The predicted molar refractivity (Wildman–Crippen MR) is 114 cm³/mol. The zero-order chi connectivity index (χ0) is 22.0. The molecule has 2 aromatic rings. The van der Waals surface area contributed by atoms with Crippen LogP contribution in [-0.2, 0) is 22.7 Å². The van der Waals surface area contributed by atoms with Crippen LogP contribution in [0, 0.1) is 0 Å². The third-order valence-corrected chi connectivity index (χ3v) is 6.11. The second-order valence-corrected chi connectivity index (χ2v) is 9.75. The SMILES string of the molecule is CC(C)(C)OC(=O)NCc1nnc(C2CCC3CN2C(=O)N3OCc2ccccc2)s1. The predicted octanol–water partition coefficient (Wildman–Crippen LogP) is 3.64. The Morgan fingerprint density at radius 1 is 1.23 bits per heavy atom. The van der Waals surface area contributed by atoms with Gasteiger partial charge in [0.15, 0.2) is 0 Å². The van der Waals surface area contributed by atoms with Gasteiger partial charge in [0, 0.05) is 6.54 Å². The van der Waals surface area contributed by atoms with Gasteiger partial charge < -0.3 is 15.0 Å². The lowest BCUT2D eigenvalue weighted by Gasteiger charge is -2.28. The fourth-order valence-corrected chi connectivity index (χ4v) is 4.64. The summed E-state index contributed by atoms with van der Waals surface area (Å²) in [6.45, 7) is 6.65. The maximum absolute atomic E-state index is 13.0. The summed E-state index contributed by atoms with van der Waals surface area (Å²) in [5, 5.41) is 14.1. The van der Waals surface area contributed by atoms with Crippen molar-refractivity contribution in [2.24, 2.45) is 0 Å². The van der Waals surface area contributed by atoms with Crippen LogP contribution in [-0.4, -0.2) is 50.5 Å². The molecule has 31 heavy (non-hydrogen) atoms. The number of amides is 3. The highest BCUT2D eigenvalue weighted by atomic mass is 32.1. The Labute approximate surface area is 185 Å². The first-order valence-electron chi connectivity index (χ1n) is 10.4. The molecule has 2 bridgehead atoms. The molecule has 0 saturated carbocycles. The molecule has 3 amide bonds. The summed E-state index contributed by atoms with van der Waals surface area (Å²) < 4.78 is 5.24. The first-order chi connectivity index (χ1) is 14.8. The number of ether oxygens (including phenoxy) is 1. The van der Waals surface area contributed by atoms with E-state index in [0.717, 1.165) is 23.4 Å². The van der Waals surface area contributed by atoms with Gasteiger partial charge in [0.25, 0.3) is 0 Å².